The SMILES string of the molecule is CC1CCC(NCc2ccc(-c3ccccc3)s2)C1C. The first-order chi connectivity index (χ1) is 9.74. The van der Waals surface area contributed by atoms with Gasteiger partial charge in [-0.3, -0.25) is 0 Å². The van der Waals surface area contributed by atoms with Crippen LogP contribution in [0.4, 0.5) is 0 Å². The molecule has 0 aliphatic heterocycles. The van der Waals surface area contributed by atoms with Crippen molar-refractivity contribution in [1.29, 1.82) is 0 Å². The van der Waals surface area contributed by atoms with Gasteiger partial charge in [-0.25, -0.2) is 0 Å². The second-order valence-corrected chi connectivity index (χ2v) is 7.20. The number of nitrogens with one attached hydrogen (secondary N) is 1. The fourth-order valence-corrected chi connectivity index (χ4v) is 4.08. The van der Waals surface area contributed by atoms with E-state index in [1.165, 1.54) is 28.2 Å². The average Bonchev–Trinajstić information content (AvgIpc) is 3.07. The molecule has 2 aromatic rings. The Balaban J connectivity index is 1.61. The average molecular weight is 285 g/mol. The summed E-state index contributed by atoms with van der Waals surface area (Å²) in [5, 5.41) is 3.75. The summed E-state index contributed by atoms with van der Waals surface area (Å²) in [6.45, 7) is 5.78. The molecule has 106 valence electrons. The molecule has 3 rings (SSSR count). The molecule has 1 aliphatic carbocycles. The van der Waals surface area contributed by atoms with Crippen LogP contribution >= 0.6 is 11.3 Å². The predicted octanol–water partition coefficient (Wildman–Crippen LogP) is 4.94. The summed E-state index contributed by atoms with van der Waals surface area (Å²) < 4.78 is 0. The summed E-state index contributed by atoms with van der Waals surface area (Å²) in [5.74, 6) is 1.68. The van der Waals surface area contributed by atoms with E-state index < -0.39 is 0 Å². The van der Waals surface area contributed by atoms with Crippen LogP contribution in [0.3, 0.4) is 0 Å². The first-order valence-corrected chi connectivity index (χ1v) is 8.43. The minimum atomic E-state index is 0.701. The third-order valence-electron chi connectivity index (χ3n) is 4.72. The topological polar surface area (TPSA) is 12.0 Å². The minimum absolute atomic E-state index is 0.701. The van der Waals surface area contributed by atoms with Crippen LogP contribution < -0.4 is 5.32 Å². The molecule has 1 saturated carbocycles. The van der Waals surface area contributed by atoms with Gasteiger partial charge in [0.2, 0.25) is 0 Å². The van der Waals surface area contributed by atoms with E-state index in [1.54, 1.807) is 0 Å². The fraction of sp³-hybridized carbons (Fsp3) is 0.444. The lowest BCUT2D eigenvalue weighted by Crippen LogP contribution is -2.31. The molecule has 1 heterocycles. The zero-order valence-corrected chi connectivity index (χ0v) is 13.1. The molecule has 0 spiro atoms. The number of hydrogen-bond acceptors (Lipinski definition) is 2. The number of thiophene rings is 1. The molecular formula is C18H23NS. The lowest BCUT2D eigenvalue weighted by molar-refractivity contribution is 0.370. The maximum atomic E-state index is 3.75. The Morgan fingerprint density at radius 3 is 2.55 bits per heavy atom. The summed E-state index contributed by atoms with van der Waals surface area (Å²) in [6, 6.07) is 15.9. The maximum Gasteiger partial charge on any atom is 0.0346 e. The van der Waals surface area contributed by atoms with Crippen molar-refractivity contribution in [3.05, 3.63) is 47.3 Å². The standard InChI is InChI=1S/C18H23NS/c1-13-8-10-17(14(13)2)19-12-16-9-11-18(20-16)15-6-4-3-5-7-15/h3-7,9,11,13-14,17,19H,8,10,12H2,1-2H3. The van der Waals surface area contributed by atoms with Crippen molar-refractivity contribution in [1.82, 2.24) is 5.32 Å². The van der Waals surface area contributed by atoms with Gasteiger partial charge in [-0.2, -0.15) is 0 Å². The van der Waals surface area contributed by atoms with Crippen LogP contribution in [-0.2, 0) is 6.54 Å². The van der Waals surface area contributed by atoms with Crippen molar-refractivity contribution >= 4 is 11.3 Å². The van der Waals surface area contributed by atoms with E-state index in [9.17, 15) is 0 Å². The van der Waals surface area contributed by atoms with E-state index in [-0.39, 0.29) is 0 Å². The van der Waals surface area contributed by atoms with Crippen molar-refractivity contribution in [3.8, 4) is 10.4 Å². The lowest BCUT2D eigenvalue weighted by atomic mass is 9.98. The van der Waals surface area contributed by atoms with Gasteiger partial charge in [0, 0.05) is 22.3 Å². The monoisotopic (exact) mass is 285 g/mol. The Labute approximate surface area is 126 Å². The second-order valence-electron chi connectivity index (χ2n) is 6.03. The first kappa shape index (κ1) is 13.8. The van der Waals surface area contributed by atoms with Crippen LogP contribution in [0.25, 0.3) is 10.4 Å². The number of hydrogen-bond donors (Lipinski definition) is 1. The van der Waals surface area contributed by atoms with Crippen molar-refractivity contribution in [3.63, 3.8) is 0 Å². The van der Waals surface area contributed by atoms with Gasteiger partial charge in [0.05, 0.1) is 0 Å². The minimum Gasteiger partial charge on any atom is -0.309 e. The van der Waals surface area contributed by atoms with E-state index in [0.29, 0.717) is 6.04 Å². The van der Waals surface area contributed by atoms with Gasteiger partial charge in [0.15, 0.2) is 0 Å². The molecule has 0 radical (unpaired) electrons. The third-order valence-corrected chi connectivity index (χ3v) is 5.86. The Kier molecular flexibility index (Phi) is 4.23. The predicted molar refractivity (Wildman–Crippen MR) is 87.9 cm³/mol. The molecule has 1 aliphatic rings. The molecule has 0 saturated heterocycles. The van der Waals surface area contributed by atoms with E-state index in [1.807, 2.05) is 11.3 Å². The lowest BCUT2D eigenvalue weighted by Gasteiger charge is -2.19. The molecular weight excluding hydrogens is 262 g/mol. The van der Waals surface area contributed by atoms with Gasteiger partial charge in [-0.15, -0.1) is 11.3 Å². The Bertz CT molecular complexity index is 546. The number of rotatable bonds is 4. The Morgan fingerprint density at radius 1 is 1.05 bits per heavy atom. The Morgan fingerprint density at radius 2 is 1.85 bits per heavy atom. The van der Waals surface area contributed by atoms with Crippen molar-refractivity contribution in [2.45, 2.75) is 39.3 Å². The van der Waals surface area contributed by atoms with E-state index in [2.05, 4.69) is 61.6 Å². The van der Waals surface area contributed by atoms with Gasteiger partial charge in [-0.05, 0) is 42.4 Å². The first-order valence-electron chi connectivity index (χ1n) is 7.61. The quantitative estimate of drug-likeness (QED) is 0.839. The largest absolute Gasteiger partial charge is 0.309 e. The summed E-state index contributed by atoms with van der Waals surface area (Å²) in [6.07, 6.45) is 2.71. The van der Waals surface area contributed by atoms with Gasteiger partial charge in [-0.1, -0.05) is 44.2 Å². The van der Waals surface area contributed by atoms with Crippen LogP contribution in [0.1, 0.15) is 31.6 Å². The summed E-state index contributed by atoms with van der Waals surface area (Å²) >= 11 is 1.91. The van der Waals surface area contributed by atoms with Crippen LogP contribution in [0.15, 0.2) is 42.5 Å². The second kappa shape index (κ2) is 6.11. The molecule has 1 fully saturated rings. The molecule has 1 nitrogen and oxygen atoms in total. The zero-order valence-electron chi connectivity index (χ0n) is 12.3. The highest BCUT2D eigenvalue weighted by Crippen LogP contribution is 2.32. The van der Waals surface area contributed by atoms with Gasteiger partial charge in [0.1, 0.15) is 0 Å². The molecule has 0 bridgehead atoms. The van der Waals surface area contributed by atoms with Gasteiger partial charge in [0.25, 0.3) is 0 Å². The highest BCUT2D eigenvalue weighted by molar-refractivity contribution is 7.15. The smallest absolute Gasteiger partial charge is 0.0346 e. The molecule has 0 amide bonds. The van der Waals surface area contributed by atoms with Gasteiger partial charge < -0.3 is 5.32 Å². The molecule has 20 heavy (non-hydrogen) atoms. The molecule has 1 aromatic carbocycles. The highest BCUT2D eigenvalue weighted by Gasteiger charge is 2.29. The molecule has 2 heteroatoms. The van der Waals surface area contributed by atoms with Crippen LogP contribution in [0, 0.1) is 11.8 Å². The van der Waals surface area contributed by atoms with Crippen molar-refractivity contribution < 1.29 is 0 Å². The number of benzene rings is 1. The molecule has 3 atom stereocenters. The van der Waals surface area contributed by atoms with Crippen molar-refractivity contribution in [2.24, 2.45) is 11.8 Å². The van der Waals surface area contributed by atoms with Gasteiger partial charge >= 0.3 is 0 Å². The molecule has 3 unspecified atom stereocenters. The summed E-state index contributed by atoms with van der Waals surface area (Å²) in [5.41, 5.74) is 1.33. The fourth-order valence-electron chi connectivity index (χ4n) is 3.11. The highest BCUT2D eigenvalue weighted by atomic mass is 32.1. The molecule has 1 N–H and O–H groups in total. The Hall–Kier alpha value is -1.12. The molecule has 1 aromatic heterocycles. The third kappa shape index (κ3) is 2.97. The maximum absolute atomic E-state index is 3.75. The van der Waals surface area contributed by atoms with Crippen molar-refractivity contribution in [2.75, 3.05) is 0 Å². The zero-order chi connectivity index (χ0) is 13.9. The van der Waals surface area contributed by atoms with Crippen LogP contribution in [-0.4, -0.2) is 6.04 Å². The van der Waals surface area contributed by atoms with E-state index in [4.69, 9.17) is 0 Å². The van der Waals surface area contributed by atoms with E-state index in [0.717, 1.165) is 18.4 Å². The summed E-state index contributed by atoms with van der Waals surface area (Å²) in [7, 11) is 0. The summed E-state index contributed by atoms with van der Waals surface area (Å²) in [4.78, 5) is 2.81. The van der Waals surface area contributed by atoms with Crippen LogP contribution in [0.2, 0.25) is 0 Å². The van der Waals surface area contributed by atoms with E-state index >= 15 is 0 Å². The van der Waals surface area contributed by atoms with Crippen LogP contribution in [0.5, 0.6) is 0 Å². The normalized spacial score (nSPS) is 26.0.